The Kier molecular flexibility index (Phi) is 3.43. The first-order valence-corrected chi connectivity index (χ1v) is 6.30. The van der Waals surface area contributed by atoms with E-state index in [2.05, 4.69) is 17.2 Å². The minimum Gasteiger partial charge on any atom is -0.378 e. The standard InChI is InChI=1S/C13H15FN2S/c1-8-4-11(14)6-12(5-8)15-7-13-16-9(2)10(3)17-13/h4-6,15H,7H2,1-3H3. The van der Waals surface area contributed by atoms with E-state index in [0.717, 1.165) is 22.0 Å². The number of thiazole rings is 1. The zero-order valence-corrected chi connectivity index (χ0v) is 11.0. The molecule has 0 fully saturated rings. The van der Waals surface area contributed by atoms with Crippen molar-refractivity contribution in [3.05, 3.63) is 45.2 Å². The number of hydrogen-bond donors (Lipinski definition) is 1. The molecule has 0 radical (unpaired) electrons. The fraction of sp³-hybridized carbons (Fsp3) is 0.308. The number of halogens is 1. The summed E-state index contributed by atoms with van der Waals surface area (Å²) in [6.07, 6.45) is 0. The lowest BCUT2D eigenvalue weighted by Crippen LogP contribution is -1.99. The molecule has 17 heavy (non-hydrogen) atoms. The highest BCUT2D eigenvalue weighted by Gasteiger charge is 2.04. The van der Waals surface area contributed by atoms with Crippen LogP contribution in [-0.4, -0.2) is 4.98 Å². The van der Waals surface area contributed by atoms with Crippen LogP contribution >= 0.6 is 11.3 Å². The first kappa shape index (κ1) is 12.0. The molecular weight excluding hydrogens is 235 g/mol. The summed E-state index contributed by atoms with van der Waals surface area (Å²) in [7, 11) is 0. The van der Waals surface area contributed by atoms with Gasteiger partial charge in [0.05, 0.1) is 12.2 Å². The molecule has 2 aromatic rings. The largest absolute Gasteiger partial charge is 0.378 e. The SMILES string of the molecule is Cc1cc(F)cc(NCc2nc(C)c(C)s2)c1. The molecule has 0 saturated carbocycles. The molecular formula is C13H15FN2S. The van der Waals surface area contributed by atoms with Crippen molar-refractivity contribution in [3.8, 4) is 0 Å². The fourth-order valence-electron chi connectivity index (χ4n) is 1.63. The van der Waals surface area contributed by atoms with Gasteiger partial charge in [-0.3, -0.25) is 0 Å². The van der Waals surface area contributed by atoms with Crippen LogP contribution in [0.3, 0.4) is 0 Å². The van der Waals surface area contributed by atoms with Crippen LogP contribution in [0.5, 0.6) is 0 Å². The van der Waals surface area contributed by atoms with Gasteiger partial charge in [-0.2, -0.15) is 0 Å². The summed E-state index contributed by atoms with van der Waals surface area (Å²) in [5.41, 5.74) is 2.79. The van der Waals surface area contributed by atoms with Gasteiger partial charge in [-0.1, -0.05) is 0 Å². The summed E-state index contributed by atoms with van der Waals surface area (Å²) >= 11 is 1.67. The Morgan fingerprint density at radius 3 is 2.59 bits per heavy atom. The molecule has 0 atom stereocenters. The summed E-state index contributed by atoms with van der Waals surface area (Å²) in [5.74, 6) is -0.209. The molecule has 1 aromatic carbocycles. The third kappa shape index (κ3) is 3.03. The Bertz CT molecular complexity index is 494. The number of aromatic nitrogens is 1. The lowest BCUT2D eigenvalue weighted by molar-refractivity contribution is 0.627. The van der Waals surface area contributed by atoms with Crippen LogP contribution in [0.1, 0.15) is 21.1 Å². The molecule has 0 aliphatic carbocycles. The molecule has 0 aliphatic heterocycles. The first-order valence-electron chi connectivity index (χ1n) is 5.48. The van der Waals surface area contributed by atoms with Crippen molar-refractivity contribution in [1.82, 2.24) is 4.98 Å². The Labute approximate surface area is 105 Å². The summed E-state index contributed by atoms with van der Waals surface area (Å²) in [5, 5.41) is 4.22. The van der Waals surface area contributed by atoms with Gasteiger partial charge in [-0.15, -0.1) is 11.3 Å². The molecule has 0 unspecified atom stereocenters. The summed E-state index contributed by atoms with van der Waals surface area (Å²) in [6.45, 7) is 6.58. The van der Waals surface area contributed by atoms with Crippen molar-refractivity contribution < 1.29 is 4.39 Å². The van der Waals surface area contributed by atoms with Gasteiger partial charge in [0.25, 0.3) is 0 Å². The van der Waals surface area contributed by atoms with Gasteiger partial charge in [0, 0.05) is 10.6 Å². The molecule has 90 valence electrons. The van der Waals surface area contributed by atoms with Crippen LogP contribution in [0, 0.1) is 26.6 Å². The van der Waals surface area contributed by atoms with Crippen molar-refractivity contribution in [2.24, 2.45) is 0 Å². The molecule has 0 amide bonds. The minimum absolute atomic E-state index is 0.209. The quantitative estimate of drug-likeness (QED) is 0.895. The van der Waals surface area contributed by atoms with Crippen LogP contribution < -0.4 is 5.32 Å². The van der Waals surface area contributed by atoms with Gasteiger partial charge in [0.15, 0.2) is 0 Å². The predicted molar refractivity (Wildman–Crippen MR) is 70.1 cm³/mol. The number of nitrogens with zero attached hydrogens (tertiary/aromatic N) is 1. The second-order valence-corrected chi connectivity index (χ2v) is 5.41. The van der Waals surface area contributed by atoms with E-state index in [4.69, 9.17) is 0 Å². The molecule has 0 aliphatic rings. The van der Waals surface area contributed by atoms with Gasteiger partial charge in [-0.25, -0.2) is 9.37 Å². The van der Waals surface area contributed by atoms with Crippen LogP contribution in [0.15, 0.2) is 18.2 Å². The smallest absolute Gasteiger partial charge is 0.125 e. The minimum atomic E-state index is -0.209. The van der Waals surface area contributed by atoms with Crippen molar-refractivity contribution in [2.75, 3.05) is 5.32 Å². The topological polar surface area (TPSA) is 24.9 Å². The average molecular weight is 250 g/mol. The van der Waals surface area contributed by atoms with Crippen LogP contribution in [0.2, 0.25) is 0 Å². The van der Waals surface area contributed by atoms with E-state index in [-0.39, 0.29) is 5.82 Å². The average Bonchev–Trinajstić information content (AvgIpc) is 2.54. The lowest BCUT2D eigenvalue weighted by atomic mass is 10.2. The summed E-state index contributed by atoms with van der Waals surface area (Å²) < 4.78 is 13.2. The molecule has 1 heterocycles. The lowest BCUT2D eigenvalue weighted by Gasteiger charge is -2.05. The third-order valence-corrected chi connectivity index (χ3v) is 3.63. The maximum absolute atomic E-state index is 13.2. The zero-order chi connectivity index (χ0) is 12.4. The third-order valence-electron chi connectivity index (χ3n) is 2.56. The summed E-state index contributed by atoms with van der Waals surface area (Å²) in [6, 6.07) is 4.94. The first-order chi connectivity index (χ1) is 8.04. The van der Waals surface area contributed by atoms with Crippen molar-refractivity contribution >= 4 is 17.0 Å². The van der Waals surface area contributed by atoms with E-state index < -0.39 is 0 Å². The highest BCUT2D eigenvalue weighted by molar-refractivity contribution is 7.11. The van der Waals surface area contributed by atoms with E-state index in [1.807, 2.05) is 19.9 Å². The summed E-state index contributed by atoms with van der Waals surface area (Å²) in [4.78, 5) is 5.67. The van der Waals surface area contributed by atoms with Gasteiger partial charge >= 0.3 is 0 Å². The number of nitrogens with one attached hydrogen (secondary N) is 1. The Morgan fingerprint density at radius 2 is 2.00 bits per heavy atom. The highest BCUT2D eigenvalue weighted by Crippen LogP contribution is 2.19. The maximum Gasteiger partial charge on any atom is 0.125 e. The van der Waals surface area contributed by atoms with Crippen LogP contribution in [0.4, 0.5) is 10.1 Å². The number of hydrogen-bond acceptors (Lipinski definition) is 3. The molecule has 2 nitrogen and oxygen atoms in total. The van der Waals surface area contributed by atoms with E-state index >= 15 is 0 Å². The molecule has 1 aromatic heterocycles. The zero-order valence-electron chi connectivity index (χ0n) is 10.2. The fourth-order valence-corrected chi connectivity index (χ4v) is 2.50. The molecule has 0 saturated heterocycles. The number of aryl methyl sites for hydroxylation is 3. The van der Waals surface area contributed by atoms with Crippen molar-refractivity contribution in [2.45, 2.75) is 27.3 Å². The second-order valence-electron chi connectivity index (χ2n) is 4.12. The second kappa shape index (κ2) is 4.84. The van der Waals surface area contributed by atoms with Crippen LogP contribution in [0.25, 0.3) is 0 Å². The Morgan fingerprint density at radius 1 is 1.24 bits per heavy atom. The van der Waals surface area contributed by atoms with E-state index in [1.54, 1.807) is 11.3 Å². The predicted octanol–water partition coefficient (Wildman–Crippen LogP) is 3.82. The monoisotopic (exact) mass is 250 g/mol. The molecule has 1 N–H and O–H groups in total. The number of rotatable bonds is 3. The van der Waals surface area contributed by atoms with Gasteiger partial charge < -0.3 is 5.32 Å². The van der Waals surface area contributed by atoms with Gasteiger partial charge in [0.1, 0.15) is 10.8 Å². The van der Waals surface area contributed by atoms with Gasteiger partial charge in [0.2, 0.25) is 0 Å². The van der Waals surface area contributed by atoms with Crippen molar-refractivity contribution in [1.29, 1.82) is 0 Å². The Balaban J connectivity index is 2.07. The maximum atomic E-state index is 13.2. The van der Waals surface area contributed by atoms with E-state index in [1.165, 1.54) is 17.0 Å². The van der Waals surface area contributed by atoms with E-state index in [9.17, 15) is 4.39 Å². The number of benzene rings is 1. The van der Waals surface area contributed by atoms with Crippen LogP contribution in [-0.2, 0) is 6.54 Å². The molecule has 2 rings (SSSR count). The van der Waals surface area contributed by atoms with Crippen molar-refractivity contribution in [3.63, 3.8) is 0 Å². The van der Waals surface area contributed by atoms with Gasteiger partial charge in [-0.05, 0) is 44.5 Å². The Hall–Kier alpha value is -1.42. The molecule has 0 bridgehead atoms. The normalized spacial score (nSPS) is 10.6. The number of anilines is 1. The molecule has 0 spiro atoms. The van der Waals surface area contributed by atoms with E-state index in [0.29, 0.717) is 6.54 Å². The highest BCUT2D eigenvalue weighted by atomic mass is 32.1. The molecule has 4 heteroatoms.